The van der Waals surface area contributed by atoms with E-state index in [-0.39, 0.29) is 6.10 Å². The Labute approximate surface area is 180 Å². The van der Waals surface area contributed by atoms with Crippen molar-refractivity contribution < 1.29 is 5.11 Å². The molecule has 3 fully saturated rings. The van der Waals surface area contributed by atoms with E-state index in [1.165, 1.54) is 38.5 Å². The molecule has 0 amide bonds. The van der Waals surface area contributed by atoms with E-state index < -0.39 is 0 Å². The van der Waals surface area contributed by atoms with Gasteiger partial charge in [-0.25, -0.2) is 0 Å². The van der Waals surface area contributed by atoms with Crippen LogP contribution in [0.2, 0.25) is 0 Å². The molecule has 0 spiro atoms. The largest absolute Gasteiger partial charge is 0.393 e. The summed E-state index contributed by atoms with van der Waals surface area (Å²) in [5, 5.41) is 10.3. The summed E-state index contributed by atoms with van der Waals surface area (Å²) >= 11 is 0. The molecule has 0 aromatic carbocycles. The van der Waals surface area contributed by atoms with Crippen LogP contribution in [-0.4, -0.2) is 11.2 Å². The number of rotatable bonds is 4. The minimum Gasteiger partial charge on any atom is -0.393 e. The van der Waals surface area contributed by atoms with Crippen LogP contribution in [0, 0.1) is 52.3 Å². The summed E-state index contributed by atoms with van der Waals surface area (Å²) in [6.45, 7) is 14.7. The summed E-state index contributed by atoms with van der Waals surface area (Å²) in [4.78, 5) is 0. The van der Waals surface area contributed by atoms with Gasteiger partial charge in [-0.15, -0.1) is 0 Å². The van der Waals surface area contributed by atoms with Gasteiger partial charge in [0.05, 0.1) is 6.10 Å². The molecule has 4 rings (SSSR count). The Morgan fingerprint density at radius 2 is 1.76 bits per heavy atom. The van der Waals surface area contributed by atoms with Gasteiger partial charge in [-0.05, 0) is 104 Å². The molecule has 0 saturated heterocycles. The van der Waals surface area contributed by atoms with Crippen LogP contribution in [0.1, 0.15) is 92.9 Å². The Balaban J connectivity index is 1.51. The Bertz CT molecular complexity index is 659. The summed E-state index contributed by atoms with van der Waals surface area (Å²) in [5.41, 5.74) is 2.74. The standard InChI is InChI=1S/C28H46O/c1-18(2)19(3)7-8-20(4)24-11-12-25-23-10-9-21-17-22(29)13-15-27(21,5)26(23)14-16-28(24,25)6/h7-8,12,18-24,26,29H,9-11,13-17H2,1-6H3/b8-7+. The maximum absolute atomic E-state index is 10.3. The first-order valence-corrected chi connectivity index (χ1v) is 12.7. The van der Waals surface area contributed by atoms with Crippen LogP contribution in [0.15, 0.2) is 23.8 Å². The molecule has 0 aromatic heterocycles. The van der Waals surface area contributed by atoms with Gasteiger partial charge in [-0.1, -0.05) is 65.3 Å². The average molecular weight is 399 g/mol. The van der Waals surface area contributed by atoms with E-state index in [2.05, 4.69) is 59.8 Å². The molecular weight excluding hydrogens is 352 g/mol. The van der Waals surface area contributed by atoms with Gasteiger partial charge in [0, 0.05) is 0 Å². The highest BCUT2D eigenvalue weighted by atomic mass is 16.3. The molecule has 164 valence electrons. The van der Waals surface area contributed by atoms with Crippen molar-refractivity contribution in [3.05, 3.63) is 23.8 Å². The third-order valence-corrected chi connectivity index (χ3v) is 10.5. The minimum absolute atomic E-state index is 0.0329. The highest BCUT2D eigenvalue weighted by Gasteiger charge is 2.57. The second-order valence-electron chi connectivity index (χ2n) is 12.2. The SMILES string of the molecule is CC(C)C(C)/C=C/C(C)C1CC=C2C3CCC4CC(O)CCC4(C)C3CCC21C. The van der Waals surface area contributed by atoms with Crippen LogP contribution >= 0.6 is 0 Å². The Hall–Kier alpha value is -0.560. The molecule has 4 aliphatic carbocycles. The number of hydrogen-bond donors (Lipinski definition) is 1. The average Bonchev–Trinajstić information content (AvgIpc) is 3.03. The molecule has 9 unspecified atom stereocenters. The van der Waals surface area contributed by atoms with Crippen LogP contribution in [-0.2, 0) is 0 Å². The lowest BCUT2D eigenvalue weighted by Gasteiger charge is -2.59. The second-order valence-corrected chi connectivity index (χ2v) is 12.2. The van der Waals surface area contributed by atoms with Crippen molar-refractivity contribution >= 4 is 0 Å². The van der Waals surface area contributed by atoms with Gasteiger partial charge in [0.2, 0.25) is 0 Å². The Morgan fingerprint density at radius 1 is 1.00 bits per heavy atom. The fourth-order valence-corrected chi connectivity index (χ4v) is 8.10. The monoisotopic (exact) mass is 398 g/mol. The zero-order chi connectivity index (χ0) is 21.0. The number of aliphatic hydroxyl groups is 1. The topological polar surface area (TPSA) is 20.2 Å². The van der Waals surface area contributed by atoms with Crippen molar-refractivity contribution in [2.75, 3.05) is 0 Å². The van der Waals surface area contributed by atoms with E-state index in [1.807, 2.05) is 5.57 Å². The van der Waals surface area contributed by atoms with Gasteiger partial charge >= 0.3 is 0 Å². The lowest BCUT2D eigenvalue weighted by atomic mass is 9.45. The fraction of sp³-hybridized carbons (Fsp3) is 0.857. The van der Waals surface area contributed by atoms with Crippen LogP contribution in [0.4, 0.5) is 0 Å². The van der Waals surface area contributed by atoms with Crippen LogP contribution in [0.5, 0.6) is 0 Å². The molecule has 0 radical (unpaired) electrons. The summed E-state index contributed by atoms with van der Waals surface area (Å²) < 4.78 is 0. The van der Waals surface area contributed by atoms with E-state index >= 15 is 0 Å². The maximum atomic E-state index is 10.3. The van der Waals surface area contributed by atoms with Crippen LogP contribution in [0.25, 0.3) is 0 Å². The Kier molecular flexibility index (Phi) is 5.86. The second kappa shape index (κ2) is 7.85. The van der Waals surface area contributed by atoms with E-state index in [0.29, 0.717) is 22.7 Å². The van der Waals surface area contributed by atoms with Crippen molar-refractivity contribution in [3.8, 4) is 0 Å². The molecule has 29 heavy (non-hydrogen) atoms. The lowest BCUT2D eigenvalue weighted by molar-refractivity contribution is -0.0852. The summed E-state index contributed by atoms with van der Waals surface area (Å²) in [7, 11) is 0. The first-order valence-electron chi connectivity index (χ1n) is 12.7. The van der Waals surface area contributed by atoms with Crippen molar-refractivity contribution in [1.82, 2.24) is 0 Å². The van der Waals surface area contributed by atoms with Gasteiger partial charge in [-0.3, -0.25) is 0 Å². The summed E-state index contributed by atoms with van der Waals surface area (Å²) in [5.74, 6) is 5.29. The van der Waals surface area contributed by atoms with Crippen molar-refractivity contribution in [3.63, 3.8) is 0 Å². The third-order valence-electron chi connectivity index (χ3n) is 10.5. The quantitative estimate of drug-likeness (QED) is 0.489. The Morgan fingerprint density at radius 3 is 2.48 bits per heavy atom. The molecule has 1 nitrogen and oxygen atoms in total. The van der Waals surface area contributed by atoms with Gasteiger partial charge in [0.25, 0.3) is 0 Å². The lowest BCUT2D eigenvalue weighted by Crippen LogP contribution is -2.52. The van der Waals surface area contributed by atoms with Gasteiger partial charge in [0.1, 0.15) is 0 Å². The summed E-state index contributed by atoms with van der Waals surface area (Å²) in [6, 6.07) is 0. The van der Waals surface area contributed by atoms with Crippen molar-refractivity contribution in [2.24, 2.45) is 52.3 Å². The molecule has 0 aliphatic heterocycles. The first kappa shape index (κ1) is 21.7. The molecule has 1 heteroatoms. The van der Waals surface area contributed by atoms with Gasteiger partial charge < -0.3 is 5.11 Å². The normalized spacial score (nSPS) is 46.8. The molecule has 3 saturated carbocycles. The molecular formula is C28H46O. The van der Waals surface area contributed by atoms with Crippen LogP contribution in [0.3, 0.4) is 0 Å². The smallest absolute Gasteiger partial charge is 0.0543 e. The van der Waals surface area contributed by atoms with E-state index in [1.54, 1.807) is 0 Å². The van der Waals surface area contributed by atoms with E-state index in [4.69, 9.17) is 0 Å². The maximum Gasteiger partial charge on any atom is 0.0543 e. The zero-order valence-corrected chi connectivity index (χ0v) is 20.0. The predicted octanol–water partition coefficient (Wildman–Crippen LogP) is 7.41. The third kappa shape index (κ3) is 3.58. The number of hydrogen-bond acceptors (Lipinski definition) is 1. The van der Waals surface area contributed by atoms with Crippen LogP contribution < -0.4 is 0 Å². The number of aliphatic hydroxyl groups excluding tert-OH is 1. The molecule has 0 bridgehead atoms. The number of fused-ring (bicyclic) bond motifs is 5. The van der Waals surface area contributed by atoms with Gasteiger partial charge in [-0.2, -0.15) is 0 Å². The van der Waals surface area contributed by atoms with Crippen molar-refractivity contribution in [1.29, 1.82) is 0 Å². The van der Waals surface area contributed by atoms with Gasteiger partial charge in [0.15, 0.2) is 0 Å². The molecule has 0 aromatic rings. The molecule has 1 N–H and O–H groups in total. The molecule has 0 heterocycles. The highest BCUT2D eigenvalue weighted by molar-refractivity contribution is 5.30. The van der Waals surface area contributed by atoms with E-state index in [9.17, 15) is 5.11 Å². The predicted molar refractivity (Wildman–Crippen MR) is 124 cm³/mol. The number of allylic oxidation sites excluding steroid dienone is 4. The van der Waals surface area contributed by atoms with Crippen molar-refractivity contribution in [2.45, 2.75) is 99.0 Å². The summed E-state index contributed by atoms with van der Waals surface area (Å²) in [6.07, 6.45) is 17.8. The molecule has 9 atom stereocenters. The molecule has 4 aliphatic rings. The zero-order valence-electron chi connectivity index (χ0n) is 20.0. The fourth-order valence-electron chi connectivity index (χ4n) is 8.10. The van der Waals surface area contributed by atoms with E-state index in [0.717, 1.165) is 42.4 Å². The highest BCUT2D eigenvalue weighted by Crippen LogP contribution is 2.66. The first-order chi connectivity index (χ1) is 13.7. The minimum atomic E-state index is -0.0329.